The van der Waals surface area contributed by atoms with Gasteiger partial charge in [0.25, 0.3) is 5.91 Å². The van der Waals surface area contributed by atoms with Crippen LogP contribution in [0.25, 0.3) is 0 Å². The van der Waals surface area contributed by atoms with E-state index in [1.54, 1.807) is 11.4 Å². The maximum Gasteiger partial charge on any atom is 0.307 e. The second-order valence-electron chi connectivity index (χ2n) is 7.79. The number of carbonyl (C=O) groups is 3. The van der Waals surface area contributed by atoms with Gasteiger partial charge in [0, 0.05) is 6.04 Å². The Hall–Kier alpha value is -2.15. The fraction of sp³-hybridized carbons (Fsp3) is 0.550. The van der Waals surface area contributed by atoms with Gasteiger partial charge < -0.3 is 15.7 Å². The van der Waals surface area contributed by atoms with Crippen molar-refractivity contribution in [1.82, 2.24) is 5.32 Å². The molecule has 2 fully saturated rings. The lowest BCUT2D eigenvalue weighted by Crippen LogP contribution is -2.47. The Bertz CT molecular complexity index is 781. The predicted octanol–water partition coefficient (Wildman–Crippen LogP) is 3.27. The molecule has 0 spiro atoms. The molecule has 1 heterocycles. The minimum atomic E-state index is -0.917. The number of fused-ring (bicyclic) bond motifs is 2. The summed E-state index contributed by atoms with van der Waals surface area (Å²) in [5, 5.41) is 17.8. The minimum absolute atomic E-state index is 0.0492. The molecule has 4 atom stereocenters. The van der Waals surface area contributed by atoms with Crippen LogP contribution >= 0.6 is 11.3 Å². The summed E-state index contributed by atoms with van der Waals surface area (Å²) in [6.45, 7) is 0. The quantitative estimate of drug-likeness (QED) is 0.675. The summed E-state index contributed by atoms with van der Waals surface area (Å²) in [6, 6.07) is 1.92. The highest BCUT2D eigenvalue weighted by atomic mass is 32.1. The highest BCUT2D eigenvalue weighted by Gasteiger charge is 2.48. The molecule has 27 heavy (non-hydrogen) atoms. The van der Waals surface area contributed by atoms with E-state index in [0.717, 1.165) is 38.5 Å². The fourth-order valence-corrected chi connectivity index (χ4v) is 5.59. The number of thiophene rings is 1. The van der Waals surface area contributed by atoms with Crippen LogP contribution in [-0.2, 0) is 9.59 Å². The van der Waals surface area contributed by atoms with Crippen molar-refractivity contribution in [3.63, 3.8) is 0 Å². The van der Waals surface area contributed by atoms with Crippen molar-refractivity contribution in [3.05, 3.63) is 29.2 Å². The van der Waals surface area contributed by atoms with Gasteiger partial charge in [0.2, 0.25) is 5.91 Å². The molecule has 2 amide bonds. The van der Waals surface area contributed by atoms with E-state index in [1.165, 1.54) is 11.3 Å². The van der Waals surface area contributed by atoms with E-state index in [2.05, 4.69) is 10.6 Å². The number of anilines is 1. The topological polar surface area (TPSA) is 95.5 Å². The number of aliphatic carboxylic acids is 1. The van der Waals surface area contributed by atoms with Crippen LogP contribution in [-0.4, -0.2) is 28.9 Å². The number of rotatable bonds is 5. The van der Waals surface area contributed by atoms with Gasteiger partial charge in [-0.2, -0.15) is 0 Å². The lowest BCUT2D eigenvalue weighted by Gasteiger charge is -2.41. The Balaban J connectivity index is 1.48. The number of carboxylic acid groups (broad SMARTS) is 1. The van der Waals surface area contributed by atoms with Gasteiger partial charge in [0.15, 0.2) is 0 Å². The smallest absolute Gasteiger partial charge is 0.307 e. The van der Waals surface area contributed by atoms with Gasteiger partial charge >= 0.3 is 5.97 Å². The molecule has 4 aliphatic carbocycles. The van der Waals surface area contributed by atoms with E-state index in [0.29, 0.717) is 10.6 Å². The summed E-state index contributed by atoms with van der Waals surface area (Å²) in [4.78, 5) is 37.3. The van der Waals surface area contributed by atoms with E-state index in [4.69, 9.17) is 0 Å². The zero-order valence-electron chi connectivity index (χ0n) is 15.0. The van der Waals surface area contributed by atoms with Crippen LogP contribution in [0.4, 0.5) is 5.00 Å². The molecule has 6 nitrogen and oxygen atoms in total. The largest absolute Gasteiger partial charge is 0.481 e. The first-order valence-electron chi connectivity index (χ1n) is 9.65. The van der Waals surface area contributed by atoms with E-state index < -0.39 is 17.8 Å². The third-order valence-corrected chi connectivity index (χ3v) is 7.00. The maximum atomic E-state index is 13.0. The lowest BCUT2D eigenvalue weighted by molar-refractivity contribution is -0.151. The Morgan fingerprint density at radius 1 is 1.00 bits per heavy atom. The van der Waals surface area contributed by atoms with Crippen molar-refractivity contribution in [3.8, 4) is 0 Å². The van der Waals surface area contributed by atoms with Crippen molar-refractivity contribution in [2.24, 2.45) is 23.7 Å². The molecule has 0 aliphatic heterocycles. The molecule has 2 saturated carbocycles. The third-order valence-electron chi connectivity index (χ3n) is 6.17. The van der Waals surface area contributed by atoms with Crippen molar-refractivity contribution in [1.29, 1.82) is 0 Å². The van der Waals surface area contributed by atoms with Crippen LogP contribution in [0.1, 0.15) is 48.9 Å². The highest BCUT2D eigenvalue weighted by Crippen LogP contribution is 2.45. The average molecular weight is 388 g/mol. The zero-order valence-corrected chi connectivity index (χ0v) is 15.8. The van der Waals surface area contributed by atoms with E-state index >= 15 is 0 Å². The summed E-state index contributed by atoms with van der Waals surface area (Å²) in [6.07, 6.45) is 9.84. The summed E-state index contributed by atoms with van der Waals surface area (Å²) >= 11 is 1.30. The summed E-state index contributed by atoms with van der Waals surface area (Å²) in [7, 11) is 0. The predicted molar refractivity (Wildman–Crippen MR) is 103 cm³/mol. The second-order valence-corrected chi connectivity index (χ2v) is 8.70. The summed E-state index contributed by atoms with van der Waals surface area (Å²) in [5.74, 6) is -2.79. The van der Waals surface area contributed by atoms with Crippen LogP contribution in [0.15, 0.2) is 23.6 Å². The number of hydrogen-bond donors (Lipinski definition) is 3. The van der Waals surface area contributed by atoms with Gasteiger partial charge in [-0.1, -0.05) is 25.0 Å². The molecule has 0 unspecified atom stereocenters. The molecule has 3 N–H and O–H groups in total. The SMILES string of the molecule is O=C(NC1CCCC1)c1ccsc1NC(=O)[C@H]1[C@H](C(=O)O)[C@H]2C=C[C@H]1CC2. The molecular formula is C20H24N2O4S. The number of hydrogen-bond acceptors (Lipinski definition) is 4. The molecule has 2 bridgehead atoms. The Labute approximate surface area is 162 Å². The minimum Gasteiger partial charge on any atom is -0.481 e. The summed E-state index contributed by atoms with van der Waals surface area (Å²) < 4.78 is 0. The molecule has 7 heteroatoms. The van der Waals surface area contributed by atoms with Crippen molar-refractivity contribution in [2.75, 3.05) is 5.32 Å². The first kappa shape index (κ1) is 18.2. The Kier molecular flexibility index (Phi) is 5.04. The van der Waals surface area contributed by atoms with Gasteiger partial charge in [-0.25, -0.2) is 0 Å². The zero-order chi connectivity index (χ0) is 19.0. The van der Waals surface area contributed by atoms with Crippen LogP contribution in [0.2, 0.25) is 0 Å². The van der Waals surface area contributed by atoms with Gasteiger partial charge in [-0.3, -0.25) is 14.4 Å². The molecule has 4 aliphatic rings. The van der Waals surface area contributed by atoms with Crippen LogP contribution < -0.4 is 10.6 Å². The maximum absolute atomic E-state index is 13.0. The Morgan fingerprint density at radius 3 is 2.30 bits per heavy atom. The van der Waals surface area contributed by atoms with Crippen molar-refractivity contribution < 1.29 is 19.5 Å². The molecule has 1 aromatic heterocycles. The van der Waals surface area contributed by atoms with Gasteiger partial charge in [-0.15, -0.1) is 11.3 Å². The normalized spacial score (nSPS) is 29.6. The van der Waals surface area contributed by atoms with Crippen molar-refractivity contribution >= 4 is 34.1 Å². The molecule has 144 valence electrons. The van der Waals surface area contributed by atoms with Crippen LogP contribution in [0, 0.1) is 23.7 Å². The fourth-order valence-electron chi connectivity index (χ4n) is 4.80. The molecule has 0 radical (unpaired) electrons. The van der Waals surface area contributed by atoms with E-state index in [-0.39, 0.29) is 29.7 Å². The molecule has 0 saturated heterocycles. The van der Waals surface area contributed by atoms with E-state index in [9.17, 15) is 19.5 Å². The number of carboxylic acids is 1. The summed E-state index contributed by atoms with van der Waals surface area (Å²) in [5.41, 5.74) is 0.462. The first-order chi connectivity index (χ1) is 13.0. The van der Waals surface area contributed by atoms with Crippen LogP contribution in [0.5, 0.6) is 0 Å². The number of allylic oxidation sites excluding steroid dienone is 2. The number of amides is 2. The Morgan fingerprint density at radius 2 is 1.67 bits per heavy atom. The van der Waals surface area contributed by atoms with Gasteiger partial charge in [0.05, 0.1) is 17.4 Å². The monoisotopic (exact) mass is 388 g/mol. The average Bonchev–Trinajstić information content (AvgIpc) is 3.33. The standard InChI is InChI=1S/C20H24N2O4S/c23-17(21-13-3-1-2-4-13)14-9-10-27-19(14)22-18(24)15-11-5-7-12(8-6-11)16(15)20(25)26/h5,7,9-13,15-16H,1-4,6,8H2,(H,21,23)(H,22,24)(H,25,26)/t11-,12-,15+,16+/m0/s1. The molecule has 0 aromatic carbocycles. The third kappa shape index (κ3) is 3.52. The van der Waals surface area contributed by atoms with E-state index in [1.807, 2.05) is 12.2 Å². The van der Waals surface area contributed by atoms with Crippen LogP contribution in [0.3, 0.4) is 0 Å². The van der Waals surface area contributed by atoms with Crippen molar-refractivity contribution in [2.45, 2.75) is 44.6 Å². The lowest BCUT2D eigenvalue weighted by atomic mass is 9.62. The molecular weight excluding hydrogens is 364 g/mol. The highest BCUT2D eigenvalue weighted by molar-refractivity contribution is 7.14. The number of nitrogens with one attached hydrogen (secondary N) is 2. The number of carbonyl (C=O) groups excluding carboxylic acids is 2. The first-order valence-corrected chi connectivity index (χ1v) is 10.5. The second kappa shape index (κ2) is 7.46. The molecule has 1 aromatic rings. The molecule has 5 rings (SSSR count). The van der Waals surface area contributed by atoms with Gasteiger partial charge in [-0.05, 0) is 49.0 Å². The van der Waals surface area contributed by atoms with Gasteiger partial charge in [0.1, 0.15) is 5.00 Å².